The molecule has 2 aromatic carbocycles. The van der Waals surface area contributed by atoms with E-state index in [2.05, 4.69) is 0 Å². The Kier molecular flexibility index (Phi) is 3.64. The standard InChI is InChI=1S/C22H19FN2O2/c23-19-7-2-1-5-16(19)15-9-11-25(12-15)22(27)18-13-24-10-8-14-4-3-6-17(20(14)24)21(18)26/h1-7,13,15H,8-12H2/t15-/m1/s1. The second kappa shape index (κ2) is 6.05. The van der Waals surface area contributed by atoms with Crippen LogP contribution in [0.25, 0.3) is 10.9 Å². The third kappa shape index (κ3) is 2.49. The molecule has 0 aliphatic carbocycles. The van der Waals surface area contributed by atoms with Gasteiger partial charge in [0.15, 0.2) is 0 Å². The van der Waals surface area contributed by atoms with E-state index < -0.39 is 0 Å². The van der Waals surface area contributed by atoms with Gasteiger partial charge in [0.1, 0.15) is 11.4 Å². The van der Waals surface area contributed by atoms with Crippen LogP contribution in [0.5, 0.6) is 0 Å². The molecule has 1 amide bonds. The van der Waals surface area contributed by atoms with Gasteiger partial charge in [0.2, 0.25) is 5.43 Å². The highest BCUT2D eigenvalue weighted by Gasteiger charge is 2.31. The number of carbonyl (C=O) groups excluding carboxylic acids is 1. The number of hydrogen-bond donors (Lipinski definition) is 0. The number of benzene rings is 2. The zero-order valence-corrected chi connectivity index (χ0v) is 14.8. The lowest BCUT2D eigenvalue weighted by Crippen LogP contribution is -2.33. The number of nitrogens with zero attached hydrogens (tertiary/aromatic N) is 2. The van der Waals surface area contributed by atoms with Crippen molar-refractivity contribution in [3.05, 3.63) is 81.4 Å². The van der Waals surface area contributed by atoms with Crippen LogP contribution in [0.2, 0.25) is 0 Å². The Balaban J connectivity index is 1.49. The number of rotatable bonds is 2. The maximum atomic E-state index is 14.1. The minimum absolute atomic E-state index is 0.0277. The summed E-state index contributed by atoms with van der Waals surface area (Å²) in [5.74, 6) is -0.509. The summed E-state index contributed by atoms with van der Waals surface area (Å²) >= 11 is 0. The average Bonchev–Trinajstić information content (AvgIpc) is 3.33. The lowest BCUT2D eigenvalue weighted by molar-refractivity contribution is 0.0788. The molecule has 4 nitrogen and oxygen atoms in total. The van der Waals surface area contributed by atoms with Gasteiger partial charge in [0, 0.05) is 37.1 Å². The number of aromatic nitrogens is 1. The van der Waals surface area contributed by atoms with Crippen molar-refractivity contribution in [2.24, 2.45) is 0 Å². The Morgan fingerprint density at radius 3 is 2.78 bits per heavy atom. The zero-order chi connectivity index (χ0) is 18.5. The van der Waals surface area contributed by atoms with Gasteiger partial charge < -0.3 is 9.47 Å². The Bertz CT molecular complexity index is 1130. The van der Waals surface area contributed by atoms with Crippen LogP contribution in [0.1, 0.15) is 33.8 Å². The second-order valence-corrected chi connectivity index (χ2v) is 7.39. The molecule has 0 saturated carbocycles. The summed E-state index contributed by atoms with van der Waals surface area (Å²) in [6.07, 6.45) is 3.30. The van der Waals surface area contributed by atoms with E-state index in [0.29, 0.717) is 30.5 Å². The number of amides is 1. The van der Waals surface area contributed by atoms with Gasteiger partial charge in [-0.05, 0) is 36.1 Å². The number of pyridine rings is 1. The van der Waals surface area contributed by atoms with Crippen LogP contribution in [-0.2, 0) is 13.0 Å². The number of likely N-dealkylation sites (tertiary alicyclic amines) is 1. The molecule has 2 aliphatic heterocycles. The first-order chi connectivity index (χ1) is 13.1. The van der Waals surface area contributed by atoms with E-state index in [4.69, 9.17) is 0 Å². The Labute approximate surface area is 155 Å². The number of halogens is 1. The molecule has 3 aromatic rings. The Hall–Kier alpha value is -2.95. The SMILES string of the molecule is O=C(c1cn2c3c(cccc3c1=O)CC2)N1CC[C@@H](c2ccccc2F)C1. The normalized spacial score (nSPS) is 18.4. The van der Waals surface area contributed by atoms with E-state index in [1.165, 1.54) is 6.07 Å². The third-order valence-electron chi connectivity index (χ3n) is 5.85. The van der Waals surface area contributed by atoms with Crippen LogP contribution in [0.4, 0.5) is 4.39 Å². The summed E-state index contributed by atoms with van der Waals surface area (Å²) in [5, 5.41) is 0.612. The summed E-state index contributed by atoms with van der Waals surface area (Å²) in [6, 6.07) is 12.4. The van der Waals surface area contributed by atoms with Crippen molar-refractivity contribution in [1.82, 2.24) is 9.47 Å². The van der Waals surface area contributed by atoms with Crippen LogP contribution >= 0.6 is 0 Å². The first-order valence-electron chi connectivity index (χ1n) is 9.32. The maximum absolute atomic E-state index is 14.1. The van der Waals surface area contributed by atoms with Crippen molar-refractivity contribution in [3.8, 4) is 0 Å². The molecule has 0 bridgehead atoms. The Morgan fingerprint density at radius 2 is 1.93 bits per heavy atom. The highest BCUT2D eigenvalue weighted by molar-refractivity contribution is 5.98. The van der Waals surface area contributed by atoms with Gasteiger partial charge in [-0.25, -0.2) is 4.39 Å². The first-order valence-corrected chi connectivity index (χ1v) is 9.32. The van der Waals surface area contributed by atoms with Gasteiger partial charge in [-0.15, -0.1) is 0 Å². The fourth-order valence-electron chi connectivity index (χ4n) is 4.48. The number of carbonyl (C=O) groups is 1. The topological polar surface area (TPSA) is 42.3 Å². The van der Waals surface area contributed by atoms with Crippen LogP contribution in [0.3, 0.4) is 0 Å². The van der Waals surface area contributed by atoms with Crippen LogP contribution in [-0.4, -0.2) is 28.5 Å². The van der Waals surface area contributed by atoms with Gasteiger partial charge in [-0.2, -0.15) is 0 Å². The summed E-state index contributed by atoms with van der Waals surface area (Å²) in [4.78, 5) is 27.7. The predicted octanol–water partition coefficient (Wildman–Crippen LogP) is 3.33. The van der Waals surface area contributed by atoms with Gasteiger partial charge in [0.05, 0.1) is 5.52 Å². The highest BCUT2D eigenvalue weighted by Crippen LogP contribution is 2.30. The van der Waals surface area contributed by atoms with Crippen LogP contribution in [0, 0.1) is 5.82 Å². The second-order valence-electron chi connectivity index (χ2n) is 7.39. The summed E-state index contributed by atoms with van der Waals surface area (Å²) in [6.45, 7) is 1.76. The molecule has 2 aliphatic rings. The fourth-order valence-corrected chi connectivity index (χ4v) is 4.48. The molecule has 1 fully saturated rings. The molecule has 1 atom stereocenters. The molecule has 0 spiro atoms. The molecule has 27 heavy (non-hydrogen) atoms. The van der Waals surface area contributed by atoms with Crippen molar-refractivity contribution in [2.75, 3.05) is 13.1 Å². The van der Waals surface area contributed by atoms with E-state index in [1.54, 1.807) is 29.3 Å². The van der Waals surface area contributed by atoms with Gasteiger partial charge in [-0.1, -0.05) is 30.3 Å². The molecule has 3 heterocycles. The predicted molar refractivity (Wildman–Crippen MR) is 102 cm³/mol. The van der Waals surface area contributed by atoms with Crippen molar-refractivity contribution >= 4 is 16.8 Å². The molecular formula is C22H19FN2O2. The monoisotopic (exact) mass is 362 g/mol. The number of para-hydroxylation sites is 1. The van der Waals surface area contributed by atoms with Crippen molar-refractivity contribution in [1.29, 1.82) is 0 Å². The average molecular weight is 362 g/mol. The van der Waals surface area contributed by atoms with Gasteiger partial charge in [0.25, 0.3) is 5.91 Å². The van der Waals surface area contributed by atoms with E-state index in [-0.39, 0.29) is 28.6 Å². The summed E-state index contributed by atoms with van der Waals surface area (Å²) in [7, 11) is 0. The molecule has 136 valence electrons. The molecule has 5 heteroatoms. The minimum Gasteiger partial charge on any atom is -0.346 e. The van der Waals surface area contributed by atoms with E-state index in [1.807, 2.05) is 22.8 Å². The first kappa shape index (κ1) is 16.2. The van der Waals surface area contributed by atoms with E-state index in [9.17, 15) is 14.0 Å². The lowest BCUT2D eigenvalue weighted by Gasteiger charge is -2.18. The molecule has 0 radical (unpaired) electrons. The third-order valence-corrected chi connectivity index (χ3v) is 5.85. The largest absolute Gasteiger partial charge is 0.346 e. The smallest absolute Gasteiger partial charge is 0.259 e. The highest BCUT2D eigenvalue weighted by atomic mass is 19.1. The van der Waals surface area contributed by atoms with Crippen molar-refractivity contribution in [3.63, 3.8) is 0 Å². The molecule has 1 aromatic heterocycles. The van der Waals surface area contributed by atoms with Gasteiger partial charge in [-0.3, -0.25) is 9.59 Å². The molecule has 0 unspecified atom stereocenters. The molecule has 0 N–H and O–H groups in total. The zero-order valence-electron chi connectivity index (χ0n) is 14.8. The van der Waals surface area contributed by atoms with Crippen molar-refractivity contribution < 1.29 is 9.18 Å². The van der Waals surface area contributed by atoms with E-state index >= 15 is 0 Å². The molecule has 5 rings (SSSR count). The van der Waals surface area contributed by atoms with Crippen molar-refractivity contribution in [2.45, 2.75) is 25.3 Å². The maximum Gasteiger partial charge on any atom is 0.259 e. The number of aryl methyl sites for hydroxylation is 2. The molecular weight excluding hydrogens is 343 g/mol. The Morgan fingerprint density at radius 1 is 1.07 bits per heavy atom. The fraction of sp³-hybridized carbons (Fsp3) is 0.273. The summed E-state index contributed by atoms with van der Waals surface area (Å²) in [5.41, 5.74) is 2.76. The van der Waals surface area contributed by atoms with Crippen LogP contribution in [0.15, 0.2) is 53.5 Å². The minimum atomic E-state index is -0.248. The number of hydrogen-bond acceptors (Lipinski definition) is 2. The summed E-state index contributed by atoms with van der Waals surface area (Å²) < 4.78 is 16.1. The van der Waals surface area contributed by atoms with Gasteiger partial charge >= 0.3 is 0 Å². The van der Waals surface area contributed by atoms with Crippen LogP contribution < -0.4 is 5.43 Å². The molecule has 1 saturated heterocycles. The quantitative estimate of drug-likeness (QED) is 0.702. The lowest BCUT2D eigenvalue weighted by atomic mass is 9.98. The van der Waals surface area contributed by atoms with E-state index in [0.717, 1.165) is 24.0 Å².